The summed E-state index contributed by atoms with van der Waals surface area (Å²) >= 11 is 0. The lowest BCUT2D eigenvalue weighted by molar-refractivity contribution is -0.121. The maximum absolute atomic E-state index is 11.7. The van der Waals surface area contributed by atoms with E-state index in [9.17, 15) is 9.59 Å². The van der Waals surface area contributed by atoms with Crippen molar-refractivity contribution in [2.24, 2.45) is 0 Å². The van der Waals surface area contributed by atoms with Gasteiger partial charge in [-0.3, -0.25) is 9.59 Å². The molecule has 0 aliphatic rings. The lowest BCUT2D eigenvalue weighted by Gasteiger charge is -2.21. The van der Waals surface area contributed by atoms with E-state index in [1.165, 1.54) is 6.92 Å². The van der Waals surface area contributed by atoms with E-state index >= 15 is 0 Å². The molecular formula is C16H24N2O3. The highest BCUT2D eigenvalue weighted by Gasteiger charge is 2.13. The Morgan fingerprint density at radius 2 is 1.90 bits per heavy atom. The lowest BCUT2D eigenvalue weighted by atomic mass is 10.2. The van der Waals surface area contributed by atoms with Crippen LogP contribution in [0.4, 0.5) is 5.69 Å². The van der Waals surface area contributed by atoms with Gasteiger partial charge >= 0.3 is 0 Å². The van der Waals surface area contributed by atoms with Crippen molar-refractivity contribution in [3.63, 3.8) is 0 Å². The number of rotatable bonds is 8. The number of nitrogens with zero attached hydrogens (tertiary/aromatic N) is 1. The van der Waals surface area contributed by atoms with Crippen LogP contribution in [-0.2, 0) is 14.3 Å². The molecule has 21 heavy (non-hydrogen) atoms. The Hall–Kier alpha value is -1.88. The molecule has 0 spiro atoms. The molecule has 0 saturated carbocycles. The third-order valence-electron chi connectivity index (χ3n) is 3.14. The van der Waals surface area contributed by atoms with Gasteiger partial charge in [0.2, 0.25) is 11.8 Å². The van der Waals surface area contributed by atoms with Crippen LogP contribution in [-0.4, -0.2) is 38.6 Å². The second-order valence-corrected chi connectivity index (χ2v) is 4.95. The number of hydrogen-bond donors (Lipinski definition) is 1. The third-order valence-corrected chi connectivity index (χ3v) is 3.14. The second kappa shape index (κ2) is 9.13. The van der Waals surface area contributed by atoms with Crippen molar-refractivity contribution in [2.75, 3.05) is 31.7 Å². The first-order valence-corrected chi connectivity index (χ1v) is 7.15. The molecule has 116 valence electrons. The van der Waals surface area contributed by atoms with E-state index < -0.39 is 0 Å². The molecular weight excluding hydrogens is 268 g/mol. The number of methoxy groups -OCH3 is 1. The molecule has 0 saturated heterocycles. The molecule has 0 aromatic heterocycles. The fourth-order valence-corrected chi connectivity index (χ4v) is 1.94. The summed E-state index contributed by atoms with van der Waals surface area (Å²) < 4.78 is 4.92. The van der Waals surface area contributed by atoms with Crippen LogP contribution in [0.15, 0.2) is 24.3 Å². The lowest BCUT2D eigenvalue weighted by Crippen LogP contribution is -2.34. The van der Waals surface area contributed by atoms with E-state index in [0.29, 0.717) is 26.1 Å². The highest BCUT2D eigenvalue weighted by molar-refractivity contribution is 5.92. The topological polar surface area (TPSA) is 58.6 Å². The van der Waals surface area contributed by atoms with Crippen LogP contribution in [0.5, 0.6) is 0 Å². The zero-order valence-corrected chi connectivity index (χ0v) is 13.0. The molecule has 0 atom stereocenters. The van der Waals surface area contributed by atoms with Crippen LogP contribution >= 0.6 is 0 Å². The normalized spacial score (nSPS) is 10.2. The summed E-state index contributed by atoms with van der Waals surface area (Å²) in [6.45, 7) is 5.11. The Morgan fingerprint density at radius 3 is 2.48 bits per heavy atom. The number of ether oxygens (including phenoxy) is 1. The first kappa shape index (κ1) is 17.2. The molecule has 1 N–H and O–H groups in total. The van der Waals surface area contributed by atoms with Crippen LogP contribution in [0.3, 0.4) is 0 Å². The number of carbonyl (C=O) groups is 2. The standard InChI is InChI=1S/C16H24N2O3/c1-13-5-7-15(8-6-13)18(14(2)19)11-9-16(20)17-10-4-12-21-3/h5-8H,4,9-12H2,1-3H3,(H,17,20). The Morgan fingerprint density at radius 1 is 1.24 bits per heavy atom. The Labute approximate surface area is 126 Å². The summed E-state index contributed by atoms with van der Waals surface area (Å²) in [5, 5.41) is 2.82. The van der Waals surface area contributed by atoms with Crippen LogP contribution < -0.4 is 10.2 Å². The van der Waals surface area contributed by atoms with E-state index in [4.69, 9.17) is 4.74 Å². The molecule has 0 aliphatic carbocycles. The van der Waals surface area contributed by atoms with Crippen LogP contribution in [0, 0.1) is 6.92 Å². The van der Waals surface area contributed by atoms with Gasteiger partial charge in [-0.2, -0.15) is 0 Å². The molecule has 0 bridgehead atoms. The van der Waals surface area contributed by atoms with Gasteiger partial charge in [-0.1, -0.05) is 17.7 Å². The van der Waals surface area contributed by atoms with Crippen molar-refractivity contribution >= 4 is 17.5 Å². The first-order chi connectivity index (χ1) is 10.0. The molecule has 1 aromatic carbocycles. The Kier molecular flexibility index (Phi) is 7.46. The molecule has 1 rings (SSSR count). The average Bonchev–Trinajstić information content (AvgIpc) is 2.45. The number of hydrogen-bond acceptors (Lipinski definition) is 3. The minimum atomic E-state index is -0.0639. The van der Waals surface area contributed by atoms with Gasteiger partial charge in [-0.05, 0) is 25.5 Å². The van der Waals surface area contributed by atoms with Crippen LogP contribution in [0.2, 0.25) is 0 Å². The number of amides is 2. The van der Waals surface area contributed by atoms with Crippen molar-refractivity contribution in [3.05, 3.63) is 29.8 Å². The quantitative estimate of drug-likeness (QED) is 0.744. The molecule has 5 heteroatoms. The smallest absolute Gasteiger partial charge is 0.223 e. The van der Waals surface area contributed by atoms with Gasteiger partial charge in [0.1, 0.15) is 0 Å². The minimum absolute atomic E-state index is 0.0514. The van der Waals surface area contributed by atoms with E-state index in [0.717, 1.165) is 17.7 Å². The maximum Gasteiger partial charge on any atom is 0.223 e. The highest BCUT2D eigenvalue weighted by atomic mass is 16.5. The fourth-order valence-electron chi connectivity index (χ4n) is 1.94. The number of anilines is 1. The summed E-state index contributed by atoms with van der Waals surface area (Å²) in [6, 6.07) is 7.70. The predicted molar refractivity (Wildman–Crippen MR) is 83.3 cm³/mol. The summed E-state index contributed by atoms with van der Waals surface area (Å²) in [4.78, 5) is 25.1. The maximum atomic E-state index is 11.7. The molecule has 1 aromatic rings. The largest absolute Gasteiger partial charge is 0.385 e. The zero-order valence-electron chi connectivity index (χ0n) is 13.0. The van der Waals surface area contributed by atoms with Gasteiger partial charge < -0.3 is 15.0 Å². The van der Waals surface area contributed by atoms with E-state index in [1.807, 2.05) is 31.2 Å². The Balaban J connectivity index is 2.46. The third kappa shape index (κ3) is 6.40. The van der Waals surface area contributed by atoms with E-state index in [2.05, 4.69) is 5.32 Å². The molecule has 0 radical (unpaired) electrons. The predicted octanol–water partition coefficient (Wildman–Crippen LogP) is 1.89. The highest BCUT2D eigenvalue weighted by Crippen LogP contribution is 2.15. The van der Waals surface area contributed by atoms with Gasteiger partial charge in [-0.25, -0.2) is 0 Å². The summed E-state index contributed by atoms with van der Waals surface area (Å²) in [6.07, 6.45) is 1.08. The molecule has 0 unspecified atom stereocenters. The van der Waals surface area contributed by atoms with Crippen molar-refractivity contribution in [1.29, 1.82) is 0 Å². The van der Waals surface area contributed by atoms with Crippen molar-refractivity contribution < 1.29 is 14.3 Å². The number of carbonyl (C=O) groups excluding carboxylic acids is 2. The van der Waals surface area contributed by atoms with Gasteiger partial charge in [0.05, 0.1) is 0 Å². The average molecular weight is 292 g/mol. The molecule has 0 fully saturated rings. The Bertz CT molecular complexity index is 457. The van der Waals surface area contributed by atoms with Gasteiger partial charge in [0.25, 0.3) is 0 Å². The zero-order chi connectivity index (χ0) is 15.7. The summed E-state index contributed by atoms with van der Waals surface area (Å²) in [7, 11) is 1.63. The monoisotopic (exact) mass is 292 g/mol. The molecule has 0 aliphatic heterocycles. The SMILES string of the molecule is COCCCNC(=O)CCN(C(C)=O)c1ccc(C)cc1. The van der Waals surface area contributed by atoms with E-state index in [1.54, 1.807) is 12.0 Å². The molecule has 5 nitrogen and oxygen atoms in total. The summed E-state index contributed by atoms with van der Waals surface area (Å²) in [5.41, 5.74) is 1.96. The van der Waals surface area contributed by atoms with Crippen molar-refractivity contribution in [1.82, 2.24) is 5.32 Å². The van der Waals surface area contributed by atoms with Crippen LogP contribution in [0.1, 0.15) is 25.3 Å². The summed E-state index contributed by atoms with van der Waals surface area (Å²) in [5.74, 6) is -0.115. The van der Waals surface area contributed by atoms with Crippen molar-refractivity contribution in [3.8, 4) is 0 Å². The second-order valence-electron chi connectivity index (χ2n) is 4.95. The molecule has 2 amide bonds. The van der Waals surface area contributed by atoms with E-state index in [-0.39, 0.29) is 11.8 Å². The fraction of sp³-hybridized carbons (Fsp3) is 0.500. The molecule has 0 heterocycles. The van der Waals surface area contributed by atoms with Crippen LogP contribution in [0.25, 0.3) is 0 Å². The number of aryl methyl sites for hydroxylation is 1. The number of benzene rings is 1. The van der Waals surface area contributed by atoms with Gasteiger partial charge in [-0.15, -0.1) is 0 Å². The minimum Gasteiger partial charge on any atom is -0.385 e. The number of nitrogens with one attached hydrogen (secondary N) is 1. The van der Waals surface area contributed by atoms with Crippen molar-refractivity contribution in [2.45, 2.75) is 26.7 Å². The van der Waals surface area contributed by atoms with Gasteiger partial charge in [0.15, 0.2) is 0 Å². The van der Waals surface area contributed by atoms with Gasteiger partial charge in [0, 0.05) is 45.8 Å². The first-order valence-electron chi connectivity index (χ1n) is 7.15.